The number of carbonyl (C=O) groups is 1. The van der Waals surface area contributed by atoms with Crippen LogP contribution >= 0.6 is 0 Å². The SMILES string of the molecule is COC1(C)CCCN(CC(=O)c2ccc(C(C)C)cc2)C1. The minimum absolute atomic E-state index is 0.111. The van der Waals surface area contributed by atoms with Crippen LogP contribution in [0.1, 0.15) is 55.5 Å². The van der Waals surface area contributed by atoms with Crippen LogP contribution in [0.25, 0.3) is 0 Å². The van der Waals surface area contributed by atoms with Crippen molar-refractivity contribution in [1.29, 1.82) is 0 Å². The van der Waals surface area contributed by atoms with Crippen molar-refractivity contribution in [3.8, 4) is 0 Å². The Morgan fingerprint density at radius 2 is 2.00 bits per heavy atom. The van der Waals surface area contributed by atoms with Gasteiger partial charge in [0.15, 0.2) is 5.78 Å². The summed E-state index contributed by atoms with van der Waals surface area (Å²) in [6.45, 7) is 8.75. The number of carbonyl (C=O) groups excluding carboxylic acids is 1. The Labute approximate surface area is 128 Å². The Hall–Kier alpha value is -1.19. The van der Waals surface area contributed by atoms with Gasteiger partial charge in [-0.3, -0.25) is 9.69 Å². The zero-order valence-electron chi connectivity index (χ0n) is 13.7. The number of rotatable bonds is 5. The lowest BCUT2D eigenvalue weighted by molar-refractivity contribution is -0.0485. The predicted molar refractivity (Wildman–Crippen MR) is 85.9 cm³/mol. The van der Waals surface area contributed by atoms with Crippen LogP contribution in [0.5, 0.6) is 0 Å². The number of hydrogen-bond donors (Lipinski definition) is 0. The third-order valence-electron chi connectivity index (χ3n) is 4.50. The van der Waals surface area contributed by atoms with E-state index in [0.29, 0.717) is 12.5 Å². The molecule has 21 heavy (non-hydrogen) atoms. The zero-order chi connectivity index (χ0) is 15.5. The Balaban J connectivity index is 1.97. The zero-order valence-corrected chi connectivity index (χ0v) is 13.7. The number of benzene rings is 1. The van der Waals surface area contributed by atoms with Crippen molar-refractivity contribution in [2.75, 3.05) is 26.7 Å². The summed E-state index contributed by atoms with van der Waals surface area (Å²) < 4.78 is 5.59. The van der Waals surface area contributed by atoms with Gasteiger partial charge in [-0.2, -0.15) is 0 Å². The Kier molecular flexibility index (Phi) is 5.17. The second-order valence-corrected chi connectivity index (χ2v) is 6.67. The molecule has 0 spiro atoms. The molecule has 3 nitrogen and oxygen atoms in total. The molecule has 1 aromatic carbocycles. The summed E-state index contributed by atoms with van der Waals surface area (Å²) in [5.74, 6) is 0.698. The topological polar surface area (TPSA) is 29.5 Å². The summed E-state index contributed by atoms with van der Waals surface area (Å²) in [7, 11) is 1.76. The third-order valence-corrected chi connectivity index (χ3v) is 4.50. The molecule has 1 saturated heterocycles. The standard InChI is InChI=1S/C18H27NO2/c1-14(2)15-6-8-16(9-7-15)17(20)12-19-11-5-10-18(3,13-19)21-4/h6-9,14H,5,10-13H2,1-4H3. The highest BCUT2D eigenvalue weighted by Crippen LogP contribution is 2.24. The van der Waals surface area contributed by atoms with E-state index < -0.39 is 0 Å². The lowest BCUT2D eigenvalue weighted by Gasteiger charge is -2.39. The molecule has 1 aliphatic heterocycles. The molecule has 116 valence electrons. The van der Waals surface area contributed by atoms with Crippen molar-refractivity contribution in [3.05, 3.63) is 35.4 Å². The van der Waals surface area contributed by atoms with E-state index in [4.69, 9.17) is 4.74 Å². The summed E-state index contributed by atoms with van der Waals surface area (Å²) in [6, 6.07) is 8.04. The summed E-state index contributed by atoms with van der Waals surface area (Å²) in [6.07, 6.45) is 2.15. The fourth-order valence-electron chi connectivity index (χ4n) is 2.96. The molecule has 0 aromatic heterocycles. The number of nitrogens with zero attached hydrogens (tertiary/aromatic N) is 1. The maximum absolute atomic E-state index is 12.4. The first-order chi connectivity index (χ1) is 9.93. The van der Waals surface area contributed by atoms with Gasteiger partial charge in [0, 0.05) is 19.2 Å². The number of piperidine rings is 1. The average molecular weight is 289 g/mol. The van der Waals surface area contributed by atoms with Crippen molar-refractivity contribution in [2.24, 2.45) is 0 Å². The molecular formula is C18H27NO2. The highest BCUT2D eigenvalue weighted by Gasteiger charge is 2.31. The first-order valence-electron chi connectivity index (χ1n) is 7.84. The van der Waals surface area contributed by atoms with Crippen LogP contribution in [0.15, 0.2) is 24.3 Å². The minimum atomic E-state index is -0.111. The van der Waals surface area contributed by atoms with E-state index in [-0.39, 0.29) is 11.4 Å². The molecule has 3 heteroatoms. The van der Waals surface area contributed by atoms with Gasteiger partial charge >= 0.3 is 0 Å². The molecule has 0 radical (unpaired) electrons. The largest absolute Gasteiger partial charge is 0.377 e. The van der Waals surface area contributed by atoms with Crippen LogP contribution in [0.2, 0.25) is 0 Å². The summed E-state index contributed by atoms with van der Waals surface area (Å²) in [5, 5.41) is 0. The molecule has 1 atom stereocenters. The first-order valence-corrected chi connectivity index (χ1v) is 7.84. The van der Waals surface area contributed by atoms with Crippen LogP contribution in [-0.4, -0.2) is 43.0 Å². The molecule has 0 N–H and O–H groups in total. The van der Waals surface area contributed by atoms with Crippen LogP contribution in [0.4, 0.5) is 0 Å². The molecule has 1 unspecified atom stereocenters. The fraction of sp³-hybridized carbons (Fsp3) is 0.611. The number of ether oxygens (including phenoxy) is 1. The molecule has 1 aromatic rings. The third kappa shape index (κ3) is 4.14. The smallest absolute Gasteiger partial charge is 0.176 e. The van der Waals surface area contributed by atoms with Crippen molar-refractivity contribution >= 4 is 5.78 Å². The van der Waals surface area contributed by atoms with Crippen LogP contribution in [0, 0.1) is 0 Å². The van der Waals surface area contributed by atoms with E-state index in [2.05, 4.69) is 37.8 Å². The Bertz CT molecular complexity index is 480. The van der Waals surface area contributed by atoms with Crippen molar-refractivity contribution < 1.29 is 9.53 Å². The van der Waals surface area contributed by atoms with Crippen LogP contribution in [-0.2, 0) is 4.74 Å². The summed E-state index contributed by atoms with van der Waals surface area (Å²) >= 11 is 0. The highest BCUT2D eigenvalue weighted by atomic mass is 16.5. The van der Waals surface area contributed by atoms with Gasteiger partial charge in [-0.25, -0.2) is 0 Å². The van der Waals surface area contributed by atoms with E-state index in [1.54, 1.807) is 7.11 Å². The molecule has 0 bridgehead atoms. The van der Waals surface area contributed by atoms with Crippen LogP contribution in [0.3, 0.4) is 0 Å². The molecule has 0 amide bonds. The summed E-state index contributed by atoms with van der Waals surface area (Å²) in [4.78, 5) is 14.6. The van der Waals surface area contributed by atoms with E-state index in [1.807, 2.05) is 12.1 Å². The number of Topliss-reactive ketones (excluding diaryl/α,β-unsaturated/α-hetero) is 1. The minimum Gasteiger partial charge on any atom is -0.377 e. The van der Waals surface area contributed by atoms with E-state index in [9.17, 15) is 4.79 Å². The lowest BCUT2D eigenvalue weighted by atomic mass is 9.94. The van der Waals surface area contributed by atoms with Gasteiger partial charge in [-0.15, -0.1) is 0 Å². The van der Waals surface area contributed by atoms with Gasteiger partial charge in [0.1, 0.15) is 0 Å². The maximum atomic E-state index is 12.4. The molecule has 2 rings (SSSR count). The van der Waals surface area contributed by atoms with Gasteiger partial charge in [0.2, 0.25) is 0 Å². The van der Waals surface area contributed by atoms with Crippen molar-refractivity contribution in [3.63, 3.8) is 0 Å². The fourth-order valence-corrected chi connectivity index (χ4v) is 2.96. The molecule has 0 aliphatic carbocycles. The number of methoxy groups -OCH3 is 1. The van der Waals surface area contributed by atoms with E-state index in [1.165, 1.54) is 5.56 Å². The van der Waals surface area contributed by atoms with Gasteiger partial charge < -0.3 is 4.74 Å². The summed E-state index contributed by atoms with van der Waals surface area (Å²) in [5.41, 5.74) is 1.97. The first kappa shape index (κ1) is 16.2. The highest BCUT2D eigenvalue weighted by molar-refractivity contribution is 5.97. The number of hydrogen-bond acceptors (Lipinski definition) is 3. The second-order valence-electron chi connectivity index (χ2n) is 6.67. The second kappa shape index (κ2) is 6.71. The molecular weight excluding hydrogens is 262 g/mol. The Morgan fingerprint density at radius 3 is 2.57 bits per heavy atom. The molecule has 0 saturated carbocycles. The van der Waals surface area contributed by atoms with Gasteiger partial charge in [-0.05, 0) is 37.8 Å². The van der Waals surface area contributed by atoms with Crippen molar-refractivity contribution in [2.45, 2.75) is 45.1 Å². The van der Waals surface area contributed by atoms with Gasteiger partial charge in [-0.1, -0.05) is 38.1 Å². The van der Waals surface area contributed by atoms with Gasteiger partial charge in [0.05, 0.1) is 12.1 Å². The Morgan fingerprint density at radius 1 is 1.33 bits per heavy atom. The lowest BCUT2D eigenvalue weighted by Crippen LogP contribution is -2.48. The monoisotopic (exact) mass is 289 g/mol. The predicted octanol–water partition coefficient (Wildman–Crippen LogP) is 3.49. The van der Waals surface area contributed by atoms with Crippen LogP contribution < -0.4 is 0 Å². The van der Waals surface area contributed by atoms with E-state index >= 15 is 0 Å². The molecule has 1 aliphatic rings. The maximum Gasteiger partial charge on any atom is 0.176 e. The average Bonchev–Trinajstić information content (AvgIpc) is 2.47. The van der Waals surface area contributed by atoms with E-state index in [0.717, 1.165) is 31.5 Å². The molecule has 1 fully saturated rings. The normalized spacial score (nSPS) is 23.5. The number of ketones is 1. The quantitative estimate of drug-likeness (QED) is 0.777. The molecule has 1 heterocycles. The van der Waals surface area contributed by atoms with Gasteiger partial charge in [0.25, 0.3) is 0 Å². The number of likely N-dealkylation sites (tertiary alicyclic amines) is 1. The van der Waals surface area contributed by atoms with Crippen molar-refractivity contribution in [1.82, 2.24) is 4.90 Å².